The molecule has 78 valence electrons. The van der Waals surface area contributed by atoms with E-state index in [0.717, 1.165) is 17.1 Å². The molecule has 1 aromatic rings. The van der Waals surface area contributed by atoms with Crippen molar-refractivity contribution in [3.8, 4) is 0 Å². The molecule has 0 heterocycles. The van der Waals surface area contributed by atoms with E-state index in [1.54, 1.807) is 0 Å². The molecule has 0 saturated heterocycles. The lowest BCUT2D eigenvalue weighted by molar-refractivity contribution is 0.647. The highest BCUT2D eigenvalue weighted by atomic mass is 35.5. The minimum absolute atomic E-state index is 0.677. The molecule has 1 aromatic carbocycles. The molecule has 0 saturated carbocycles. The van der Waals surface area contributed by atoms with Gasteiger partial charge in [0.15, 0.2) is 0 Å². The molecule has 0 N–H and O–H groups in total. The maximum atomic E-state index is 6.17. The largest absolute Gasteiger partial charge is 0.376 e. The van der Waals surface area contributed by atoms with Crippen LogP contribution in [0.15, 0.2) is 18.2 Å². The minimum atomic E-state index is 0.677. The Balaban J connectivity index is 2.89. The maximum Gasteiger partial charge on any atom is 0.0642 e. The molecular weight excluding hydrogens is 194 g/mol. The Morgan fingerprint density at radius 3 is 2.36 bits per heavy atom. The summed E-state index contributed by atoms with van der Waals surface area (Å²) in [5.41, 5.74) is 2.40. The van der Waals surface area contributed by atoms with Gasteiger partial charge >= 0.3 is 0 Å². The second kappa shape index (κ2) is 4.70. The Morgan fingerprint density at radius 1 is 1.29 bits per heavy atom. The van der Waals surface area contributed by atoms with Crippen LogP contribution in [0.3, 0.4) is 0 Å². The van der Waals surface area contributed by atoms with Crippen LogP contribution >= 0.6 is 11.6 Å². The lowest BCUT2D eigenvalue weighted by Gasteiger charge is -2.15. The first-order chi connectivity index (χ1) is 6.50. The summed E-state index contributed by atoms with van der Waals surface area (Å²) in [6.45, 7) is 4.43. The summed E-state index contributed by atoms with van der Waals surface area (Å²) in [7, 11) is 4.01. The fourth-order valence-electron chi connectivity index (χ4n) is 1.51. The van der Waals surface area contributed by atoms with Crippen LogP contribution in [0.25, 0.3) is 0 Å². The second-order valence-electron chi connectivity index (χ2n) is 4.28. The van der Waals surface area contributed by atoms with Gasteiger partial charge in [-0.3, -0.25) is 0 Å². The van der Waals surface area contributed by atoms with Gasteiger partial charge in [-0.2, -0.15) is 0 Å². The average Bonchev–Trinajstić information content (AvgIpc) is 2.01. The van der Waals surface area contributed by atoms with Crippen LogP contribution in [-0.2, 0) is 6.42 Å². The first kappa shape index (κ1) is 11.4. The summed E-state index contributed by atoms with van der Waals surface area (Å²) >= 11 is 6.17. The zero-order valence-electron chi connectivity index (χ0n) is 9.34. The summed E-state index contributed by atoms with van der Waals surface area (Å²) in [6, 6.07) is 6.30. The fraction of sp³-hybridized carbons (Fsp3) is 0.500. The van der Waals surface area contributed by atoms with Crippen molar-refractivity contribution in [3.05, 3.63) is 28.8 Å². The lowest BCUT2D eigenvalue weighted by Crippen LogP contribution is -2.09. The molecular formula is C12H18ClN. The monoisotopic (exact) mass is 211 g/mol. The Labute approximate surface area is 91.7 Å². The molecule has 0 aliphatic carbocycles. The zero-order chi connectivity index (χ0) is 10.7. The van der Waals surface area contributed by atoms with Gasteiger partial charge in [0.05, 0.1) is 10.7 Å². The summed E-state index contributed by atoms with van der Waals surface area (Å²) in [5.74, 6) is 0.677. The molecule has 0 radical (unpaired) electrons. The third kappa shape index (κ3) is 2.91. The van der Waals surface area contributed by atoms with Gasteiger partial charge in [-0.05, 0) is 30.0 Å². The number of halogens is 1. The number of hydrogen-bond acceptors (Lipinski definition) is 1. The van der Waals surface area contributed by atoms with Gasteiger partial charge in [0.25, 0.3) is 0 Å². The Bertz CT molecular complexity index is 305. The molecule has 2 heteroatoms. The van der Waals surface area contributed by atoms with Gasteiger partial charge < -0.3 is 4.90 Å². The van der Waals surface area contributed by atoms with E-state index in [0.29, 0.717) is 5.92 Å². The number of anilines is 1. The molecule has 0 amide bonds. The molecule has 0 atom stereocenters. The highest BCUT2D eigenvalue weighted by Gasteiger charge is 2.04. The molecule has 0 unspecified atom stereocenters. The second-order valence-corrected chi connectivity index (χ2v) is 4.69. The Kier molecular flexibility index (Phi) is 3.82. The van der Waals surface area contributed by atoms with E-state index >= 15 is 0 Å². The summed E-state index contributed by atoms with van der Waals surface area (Å²) in [4.78, 5) is 2.03. The Hall–Kier alpha value is -0.690. The number of rotatable bonds is 3. The maximum absolute atomic E-state index is 6.17. The van der Waals surface area contributed by atoms with Crippen molar-refractivity contribution >= 4 is 17.3 Å². The topological polar surface area (TPSA) is 3.24 Å². The van der Waals surface area contributed by atoms with Crippen LogP contribution in [0.5, 0.6) is 0 Å². The van der Waals surface area contributed by atoms with E-state index in [1.165, 1.54) is 5.56 Å². The van der Waals surface area contributed by atoms with Crippen molar-refractivity contribution in [1.82, 2.24) is 0 Å². The smallest absolute Gasteiger partial charge is 0.0642 e. The van der Waals surface area contributed by atoms with Crippen LogP contribution in [0.4, 0.5) is 5.69 Å². The highest BCUT2D eigenvalue weighted by Crippen LogP contribution is 2.26. The molecule has 1 rings (SSSR count). The molecule has 0 spiro atoms. The van der Waals surface area contributed by atoms with Crippen molar-refractivity contribution in [2.45, 2.75) is 20.3 Å². The summed E-state index contributed by atoms with van der Waals surface area (Å²) < 4.78 is 0. The predicted octanol–water partition coefficient (Wildman–Crippen LogP) is 3.60. The molecule has 0 fully saturated rings. The van der Waals surface area contributed by atoms with Crippen molar-refractivity contribution in [1.29, 1.82) is 0 Å². The first-order valence-electron chi connectivity index (χ1n) is 4.96. The first-order valence-corrected chi connectivity index (χ1v) is 5.34. The van der Waals surface area contributed by atoms with Crippen LogP contribution in [0, 0.1) is 5.92 Å². The third-order valence-corrected chi connectivity index (χ3v) is 2.44. The summed E-state index contributed by atoms with van der Waals surface area (Å²) in [6.07, 6.45) is 1.09. The minimum Gasteiger partial charge on any atom is -0.376 e. The molecule has 0 aliphatic heterocycles. The normalized spacial score (nSPS) is 10.7. The van der Waals surface area contributed by atoms with Crippen molar-refractivity contribution in [3.63, 3.8) is 0 Å². The van der Waals surface area contributed by atoms with E-state index in [9.17, 15) is 0 Å². The summed E-state index contributed by atoms with van der Waals surface area (Å²) in [5, 5.41) is 0.841. The van der Waals surface area contributed by atoms with Gasteiger partial charge in [-0.15, -0.1) is 0 Å². The van der Waals surface area contributed by atoms with Gasteiger partial charge in [0.2, 0.25) is 0 Å². The molecule has 1 nitrogen and oxygen atoms in total. The zero-order valence-corrected chi connectivity index (χ0v) is 10.1. The van der Waals surface area contributed by atoms with E-state index in [4.69, 9.17) is 11.6 Å². The average molecular weight is 212 g/mol. The van der Waals surface area contributed by atoms with Crippen molar-refractivity contribution in [2.75, 3.05) is 19.0 Å². The van der Waals surface area contributed by atoms with E-state index in [2.05, 4.69) is 32.0 Å². The van der Waals surface area contributed by atoms with Crippen LogP contribution in [0.1, 0.15) is 19.4 Å². The number of benzene rings is 1. The van der Waals surface area contributed by atoms with Gasteiger partial charge in [0.1, 0.15) is 0 Å². The Morgan fingerprint density at radius 2 is 1.93 bits per heavy atom. The van der Waals surface area contributed by atoms with Crippen LogP contribution in [-0.4, -0.2) is 14.1 Å². The van der Waals surface area contributed by atoms with Gasteiger partial charge in [-0.25, -0.2) is 0 Å². The predicted molar refractivity (Wildman–Crippen MR) is 64.3 cm³/mol. The van der Waals surface area contributed by atoms with Crippen LogP contribution in [0.2, 0.25) is 5.02 Å². The quantitative estimate of drug-likeness (QED) is 0.739. The molecule has 0 bridgehead atoms. The lowest BCUT2D eigenvalue weighted by atomic mass is 10.0. The van der Waals surface area contributed by atoms with E-state index in [-0.39, 0.29) is 0 Å². The number of hydrogen-bond donors (Lipinski definition) is 0. The molecule has 0 aromatic heterocycles. The number of nitrogens with zero attached hydrogens (tertiary/aromatic N) is 1. The van der Waals surface area contributed by atoms with E-state index < -0.39 is 0 Å². The van der Waals surface area contributed by atoms with E-state index in [1.807, 2.05) is 19.0 Å². The van der Waals surface area contributed by atoms with Gasteiger partial charge in [0, 0.05) is 14.1 Å². The standard InChI is InChI=1S/C12H18ClN/c1-9(2)7-10-5-6-12(14(3)4)11(13)8-10/h5-6,8-9H,7H2,1-4H3. The van der Waals surface area contributed by atoms with Crippen molar-refractivity contribution in [2.24, 2.45) is 5.92 Å². The SMILES string of the molecule is CC(C)Cc1ccc(N(C)C)c(Cl)c1. The highest BCUT2D eigenvalue weighted by molar-refractivity contribution is 6.33. The van der Waals surface area contributed by atoms with Crippen LogP contribution < -0.4 is 4.90 Å². The fourth-order valence-corrected chi connectivity index (χ4v) is 1.88. The molecule has 0 aliphatic rings. The third-order valence-electron chi connectivity index (χ3n) is 2.14. The molecule has 14 heavy (non-hydrogen) atoms. The van der Waals surface area contributed by atoms with Crippen molar-refractivity contribution < 1.29 is 0 Å². The van der Waals surface area contributed by atoms with Gasteiger partial charge in [-0.1, -0.05) is 31.5 Å².